The Balaban J connectivity index is 2.75. The summed E-state index contributed by atoms with van der Waals surface area (Å²) in [5, 5.41) is 7.14. The first-order chi connectivity index (χ1) is 6.41. The Hall–Kier alpha value is -0.620. The number of hydrogen-bond donors (Lipinski definition) is 2. The van der Waals surface area contributed by atoms with Crippen LogP contribution in [0, 0.1) is 5.41 Å². The highest BCUT2D eigenvalue weighted by Gasteiger charge is 2.29. The van der Waals surface area contributed by atoms with Crippen LogP contribution in [0.15, 0.2) is 0 Å². The van der Waals surface area contributed by atoms with Crippen molar-refractivity contribution in [2.45, 2.75) is 31.7 Å². The molecule has 1 fully saturated rings. The molecule has 14 heavy (non-hydrogen) atoms. The molecular weight excluding hydrogens is 202 g/mol. The van der Waals surface area contributed by atoms with Gasteiger partial charge in [0.15, 0.2) is 0 Å². The Morgan fingerprint density at radius 1 is 1.50 bits per heavy atom. The van der Waals surface area contributed by atoms with Gasteiger partial charge in [0.25, 0.3) is 0 Å². The van der Waals surface area contributed by atoms with E-state index < -0.39 is 10.0 Å². The normalized spacial score (nSPS) is 19.0. The zero-order valence-corrected chi connectivity index (χ0v) is 9.18. The van der Waals surface area contributed by atoms with Crippen molar-refractivity contribution in [1.29, 1.82) is 5.41 Å². The molecule has 1 aliphatic carbocycles. The van der Waals surface area contributed by atoms with E-state index in [-0.39, 0.29) is 18.4 Å². The van der Waals surface area contributed by atoms with Gasteiger partial charge >= 0.3 is 0 Å². The lowest BCUT2D eigenvalue weighted by molar-refractivity contribution is 0.356. The maximum atomic E-state index is 11.4. The fraction of sp³-hybridized carbons (Fsp3) is 0.875. The van der Waals surface area contributed by atoms with Gasteiger partial charge < -0.3 is 5.73 Å². The van der Waals surface area contributed by atoms with Crippen molar-refractivity contribution in [3.05, 3.63) is 0 Å². The van der Waals surface area contributed by atoms with Gasteiger partial charge in [0, 0.05) is 6.04 Å². The maximum absolute atomic E-state index is 11.4. The molecule has 0 atom stereocenters. The summed E-state index contributed by atoms with van der Waals surface area (Å²) in [5.74, 6) is -0.0951. The number of hydrogen-bond acceptors (Lipinski definition) is 3. The van der Waals surface area contributed by atoms with Crippen molar-refractivity contribution in [2.24, 2.45) is 5.73 Å². The third-order valence-corrected chi connectivity index (χ3v) is 3.76. The van der Waals surface area contributed by atoms with Crippen molar-refractivity contribution in [3.63, 3.8) is 0 Å². The molecule has 0 unspecified atom stereocenters. The standard InChI is InChI=1S/C8H17N3O2S/c1-14(12,13)11(6-8(9)10)7-4-2-3-5-7/h7H,2-6H2,1H3,(H3,9,10). The quantitative estimate of drug-likeness (QED) is 0.520. The van der Waals surface area contributed by atoms with Crippen molar-refractivity contribution >= 4 is 15.9 Å². The van der Waals surface area contributed by atoms with Crippen LogP contribution in [0.25, 0.3) is 0 Å². The summed E-state index contributed by atoms with van der Waals surface area (Å²) >= 11 is 0. The van der Waals surface area contributed by atoms with Gasteiger partial charge in [-0.25, -0.2) is 8.42 Å². The van der Waals surface area contributed by atoms with E-state index in [4.69, 9.17) is 11.1 Å². The number of nitrogens with zero attached hydrogens (tertiary/aromatic N) is 1. The smallest absolute Gasteiger partial charge is 0.211 e. The summed E-state index contributed by atoms with van der Waals surface area (Å²) in [6.45, 7) is 0.0312. The number of sulfonamides is 1. The lowest BCUT2D eigenvalue weighted by atomic mass is 10.2. The van der Waals surface area contributed by atoms with E-state index in [1.165, 1.54) is 10.6 Å². The minimum atomic E-state index is -3.23. The van der Waals surface area contributed by atoms with E-state index in [1.807, 2.05) is 0 Å². The minimum Gasteiger partial charge on any atom is -0.387 e. The highest BCUT2D eigenvalue weighted by molar-refractivity contribution is 7.88. The summed E-state index contributed by atoms with van der Waals surface area (Å²) in [4.78, 5) is 0. The highest BCUT2D eigenvalue weighted by Crippen LogP contribution is 2.24. The largest absolute Gasteiger partial charge is 0.387 e. The second-order valence-corrected chi connectivity index (χ2v) is 5.71. The number of rotatable bonds is 4. The molecule has 0 aromatic heterocycles. The van der Waals surface area contributed by atoms with Crippen LogP contribution in [0.3, 0.4) is 0 Å². The van der Waals surface area contributed by atoms with Crippen molar-refractivity contribution in [2.75, 3.05) is 12.8 Å². The van der Waals surface area contributed by atoms with Crippen LogP contribution < -0.4 is 5.73 Å². The monoisotopic (exact) mass is 219 g/mol. The van der Waals surface area contributed by atoms with Crippen molar-refractivity contribution < 1.29 is 8.42 Å². The van der Waals surface area contributed by atoms with Crippen molar-refractivity contribution in [3.8, 4) is 0 Å². The molecule has 0 spiro atoms. The van der Waals surface area contributed by atoms with Gasteiger partial charge in [0.05, 0.1) is 12.8 Å². The Bertz CT molecular complexity index is 307. The summed E-state index contributed by atoms with van der Waals surface area (Å²) in [6, 6.07) is 0.0499. The van der Waals surface area contributed by atoms with Crippen LogP contribution in [-0.2, 0) is 10.0 Å². The van der Waals surface area contributed by atoms with Gasteiger partial charge in [-0.3, -0.25) is 5.41 Å². The number of nitrogens with one attached hydrogen (secondary N) is 1. The van der Waals surface area contributed by atoms with E-state index in [1.54, 1.807) is 0 Å². The molecule has 0 bridgehead atoms. The second-order valence-electron chi connectivity index (χ2n) is 3.77. The van der Waals surface area contributed by atoms with Gasteiger partial charge in [-0.15, -0.1) is 0 Å². The Kier molecular flexibility index (Phi) is 3.49. The van der Waals surface area contributed by atoms with E-state index in [2.05, 4.69) is 0 Å². The van der Waals surface area contributed by atoms with E-state index >= 15 is 0 Å². The molecule has 0 radical (unpaired) electrons. The van der Waals surface area contributed by atoms with E-state index in [9.17, 15) is 8.42 Å². The van der Waals surface area contributed by atoms with Crippen LogP contribution >= 0.6 is 0 Å². The van der Waals surface area contributed by atoms with E-state index in [0.29, 0.717) is 0 Å². The summed E-state index contributed by atoms with van der Waals surface area (Å²) in [5.41, 5.74) is 5.23. The second kappa shape index (κ2) is 4.27. The van der Waals surface area contributed by atoms with Crippen LogP contribution in [0.4, 0.5) is 0 Å². The van der Waals surface area contributed by atoms with Gasteiger partial charge in [-0.05, 0) is 12.8 Å². The topological polar surface area (TPSA) is 87.2 Å². The molecule has 0 aromatic carbocycles. The Labute approximate surface area is 84.8 Å². The minimum absolute atomic E-state index is 0.0312. The summed E-state index contributed by atoms with van der Waals surface area (Å²) < 4.78 is 24.2. The first kappa shape index (κ1) is 11.5. The molecular formula is C8H17N3O2S. The molecule has 82 valence electrons. The SMILES string of the molecule is CS(=O)(=O)N(CC(=N)N)C1CCCC1. The number of amidine groups is 1. The molecule has 0 amide bonds. The molecule has 1 rings (SSSR count). The maximum Gasteiger partial charge on any atom is 0.211 e. The molecule has 5 nitrogen and oxygen atoms in total. The third kappa shape index (κ3) is 2.95. The summed E-state index contributed by atoms with van der Waals surface area (Å²) in [6.07, 6.45) is 5.08. The van der Waals surface area contributed by atoms with Gasteiger partial charge in [-0.2, -0.15) is 4.31 Å². The Morgan fingerprint density at radius 3 is 2.36 bits per heavy atom. The van der Waals surface area contributed by atoms with Crippen LogP contribution in [0.2, 0.25) is 0 Å². The fourth-order valence-electron chi connectivity index (χ4n) is 1.88. The summed E-state index contributed by atoms with van der Waals surface area (Å²) in [7, 11) is -3.23. The van der Waals surface area contributed by atoms with Gasteiger partial charge in [0.2, 0.25) is 10.0 Å². The number of nitrogens with two attached hydrogens (primary N) is 1. The third-order valence-electron chi connectivity index (χ3n) is 2.48. The first-order valence-electron chi connectivity index (χ1n) is 4.71. The Morgan fingerprint density at radius 2 is 2.00 bits per heavy atom. The predicted molar refractivity (Wildman–Crippen MR) is 55.7 cm³/mol. The molecule has 0 saturated heterocycles. The highest BCUT2D eigenvalue weighted by atomic mass is 32.2. The zero-order valence-electron chi connectivity index (χ0n) is 8.36. The van der Waals surface area contributed by atoms with Gasteiger partial charge in [-0.1, -0.05) is 12.8 Å². The molecule has 1 aliphatic rings. The molecule has 0 aromatic rings. The predicted octanol–water partition coefficient (Wildman–Crippen LogP) is 0.127. The fourth-order valence-corrected chi connectivity index (χ4v) is 3.00. The van der Waals surface area contributed by atoms with Crippen LogP contribution in [0.1, 0.15) is 25.7 Å². The molecule has 0 aliphatic heterocycles. The van der Waals surface area contributed by atoms with Crippen LogP contribution in [0.5, 0.6) is 0 Å². The zero-order chi connectivity index (χ0) is 10.8. The van der Waals surface area contributed by atoms with Crippen molar-refractivity contribution in [1.82, 2.24) is 4.31 Å². The first-order valence-corrected chi connectivity index (χ1v) is 6.56. The lowest BCUT2D eigenvalue weighted by Gasteiger charge is -2.25. The van der Waals surface area contributed by atoms with Crippen LogP contribution in [-0.4, -0.2) is 37.4 Å². The average Bonchev–Trinajstić information content (AvgIpc) is 2.49. The lowest BCUT2D eigenvalue weighted by Crippen LogP contribution is -2.43. The molecule has 0 heterocycles. The van der Waals surface area contributed by atoms with Gasteiger partial charge in [0.1, 0.15) is 5.84 Å². The van der Waals surface area contributed by atoms with E-state index in [0.717, 1.165) is 25.7 Å². The molecule has 1 saturated carbocycles. The average molecular weight is 219 g/mol. The molecule has 6 heteroatoms. The molecule has 3 N–H and O–H groups in total.